The van der Waals surface area contributed by atoms with Crippen molar-refractivity contribution in [2.75, 3.05) is 6.61 Å². The average Bonchev–Trinajstić information content (AvgIpc) is 2.16. The lowest BCUT2D eigenvalue weighted by atomic mass is 9.90. The molecule has 0 heterocycles. The van der Waals surface area contributed by atoms with Gasteiger partial charge in [0, 0.05) is 5.41 Å². The molecular formula is C11H17N3O3. The first kappa shape index (κ1) is 15.1. The number of hydrazone groups is 1. The number of nitriles is 1. The molecule has 94 valence electrons. The summed E-state index contributed by atoms with van der Waals surface area (Å²) in [5.41, 5.74) is 1.72. The fraction of sp³-hybridized carbons (Fsp3) is 0.636. The van der Waals surface area contributed by atoms with Gasteiger partial charge in [-0.3, -0.25) is 4.79 Å². The van der Waals surface area contributed by atoms with Gasteiger partial charge in [-0.25, -0.2) is 10.2 Å². The van der Waals surface area contributed by atoms with Gasteiger partial charge in [0.15, 0.2) is 5.71 Å². The third kappa shape index (κ3) is 5.66. The molecular weight excluding hydrogens is 222 g/mol. The van der Waals surface area contributed by atoms with Crippen molar-refractivity contribution < 1.29 is 14.3 Å². The molecule has 1 amide bonds. The molecule has 0 spiro atoms. The molecule has 17 heavy (non-hydrogen) atoms. The van der Waals surface area contributed by atoms with Crippen LogP contribution in [0.4, 0.5) is 0 Å². The molecule has 0 aliphatic rings. The maximum atomic E-state index is 11.6. The van der Waals surface area contributed by atoms with Gasteiger partial charge < -0.3 is 4.74 Å². The summed E-state index contributed by atoms with van der Waals surface area (Å²) in [6.07, 6.45) is -0.302. The number of hydrogen-bond donors (Lipinski definition) is 1. The maximum absolute atomic E-state index is 11.6. The lowest BCUT2D eigenvalue weighted by molar-refractivity contribution is -0.135. The second-order valence-electron chi connectivity index (χ2n) is 4.30. The van der Waals surface area contributed by atoms with E-state index in [1.165, 1.54) is 0 Å². The molecule has 6 heteroatoms. The van der Waals surface area contributed by atoms with Gasteiger partial charge in [-0.2, -0.15) is 10.4 Å². The number of esters is 1. The van der Waals surface area contributed by atoms with E-state index in [0.717, 1.165) is 0 Å². The number of hydrogen-bond acceptors (Lipinski definition) is 5. The Morgan fingerprint density at radius 2 is 2.00 bits per heavy atom. The highest BCUT2D eigenvalue weighted by Crippen LogP contribution is 2.16. The van der Waals surface area contributed by atoms with Gasteiger partial charge in [0.05, 0.1) is 12.7 Å². The van der Waals surface area contributed by atoms with Gasteiger partial charge in [-0.15, -0.1) is 0 Å². The van der Waals surface area contributed by atoms with Gasteiger partial charge >= 0.3 is 5.97 Å². The van der Waals surface area contributed by atoms with Crippen LogP contribution in [-0.4, -0.2) is 24.2 Å². The summed E-state index contributed by atoms with van der Waals surface area (Å²) in [5.74, 6) is -1.13. The van der Waals surface area contributed by atoms with Crippen molar-refractivity contribution in [3.63, 3.8) is 0 Å². The summed E-state index contributed by atoms with van der Waals surface area (Å²) < 4.78 is 4.84. The van der Waals surface area contributed by atoms with Crippen LogP contribution in [-0.2, 0) is 14.3 Å². The second-order valence-corrected chi connectivity index (χ2v) is 4.30. The number of carbonyl (C=O) groups excluding carboxylic acids is 2. The van der Waals surface area contributed by atoms with Crippen LogP contribution in [0, 0.1) is 16.7 Å². The molecule has 0 atom stereocenters. The maximum Gasteiger partial charge on any atom is 0.355 e. The normalized spacial score (nSPS) is 11.6. The lowest BCUT2D eigenvalue weighted by Gasteiger charge is -2.19. The van der Waals surface area contributed by atoms with E-state index >= 15 is 0 Å². The van der Waals surface area contributed by atoms with Crippen molar-refractivity contribution in [1.82, 2.24) is 5.43 Å². The fourth-order valence-electron chi connectivity index (χ4n) is 0.949. The van der Waals surface area contributed by atoms with Crippen LogP contribution in [0.2, 0.25) is 0 Å². The number of nitrogens with zero attached hydrogens (tertiary/aromatic N) is 2. The van der Waals surface area contributed by atoms with E-state index in [9.17, 15) is 9.59 Å². The van der Waals surface area contributed by atoms with Gasteiger partial charge in [0.25, 0.3) is 5.91 Å². The van der Waals surface area contributed by atoms with E-state index in [-0.39, 0.29) is 18.7 Å². The molecule has 0 saturated carbocycles. The van der Waals surface area contributed by atoms with E-state index in [0.29, 0.717) is 0 Å². The molecule has 0 bridgehead atoms. The summed E-state index contributed by atoms with van der Waals surface area (Å²) in [6, 6.07) is 1.69. The van der Waals surface area contributed by atoms with Crippen molar-refractivity contribution in [3.05, 3.63) is 0 Å². The molecule has 0 aromatic rings. The van der Waals surface area contributed by atoms with Crippen molar-refractivity contribution in [2.24, 2.45) is 10.5 Å². The Kier molecular flexibility index (Phi) is 5.89. The smallest absolute Gasteiger partial charge is 0.355 e. The van der Waals surface area contributed by atoms with Crippen LogP contribution >= 0.6 is 0 Å². The Hall–Kier alpha value is -1.90. The molecule has 0 aliphatic carbocycles. The third-order valence-electron chi connectivity index (χ3n) is 1.71. The van der Waals surface area contributed by atoms with E-state index < -0.39 is 17.3 Å². The number of carbonyl (C=O) groups is 2. The van der Waals surface area contributed by atoms with Crippen LogP contribution in [0.1, 0.15) is 34.1 Å². The number of nitrogens with one attached hydrogen (secondary N) is 1. The van der Waals surface area contributed by atoms with Crippen molar-refractivity contribution in [2.45, 2.75) is 34.1 Å². The van der Waals surface area contributed by atoms with E-state index in [4.69, 9.17) is 10.00 Å². The second kappa shape index (κ2) is 6.63. The summed E-state index contributed by atoms with van der Waals surface area (Å²) >= 11 is 0. The van der Waals surface area contributed by atoms with Gasteiger partial charge in [0.1, 0.15) is 6.42 Å². The number of ether oxygens (including phenoxy) is 1. The molecule has 0 aromatic heterocycles. The SMILES string of the molecule is CCOC(=O)/C(=N\NC(=O)CC#N)C(C)(C)C. The predicted octanol–water partition coefficient (Wildman–Crippen LogP) is 0.981. The van der Waals surface area contributed by atoms with E-state index in [1.807, 2.05) is 0 Å². The minimum atomic E-state index is -0.572. The molecule has 6 nitrogen and oxygen atoms in total. The monoisotopic (exact) mass is 239 g/mol. The molecule has 0 radical (unpaired) electrons. The van der Waals surface area contributed by atoms with Crippen molar-refractivity contribution in [1.29, 1.82) is 5.26 Å². The van der Waals surface area contributed by atoms with Crippen LogP contribution in [0.5, 0.6) is 0 Å². The van der Waals surface area contributed by atoms with Crippen LogP contribution in [0.3, 0.4) is 0 Å². The highest BCUT2D eigenvalue weighted by atomic mass is 16.5. The molecule has 0 aromatic carbocycles. The zero-order valence-electron chi connectivity index (χ0n) is 10.5. The standard InChI is InChI=1S/C11H17N3O3/c1-5-17-10(16)9(11(2,3)4)14-13-8(15)6-7-12/h5-6H2,1-4H3,(H,13,15)/b14-9+. The van der Waals surface area contributed by atoms with E-state index in [1.54, 1.807) is 33.8 Å². The number of amides is 1. The minimum Gasteiger partial charge on any atom is -0.461 e. The number of rotatable bonds is 4. The fourth-order valence-corrected chi connectivity index (χ4v) is 0.949. The Balaban J connectivity index is 4.83. The summed E-state index contributed by atoms with van der Waals surface area (Å²) in [7, 11) is 0. The Labute approximate surface area is 101 Å². The zero-order valence-corrected chi connectivity index (χ0v) is 10.5. The van der Waals surface area contributed by atoms with Crippen LogP contribution < -0.4 is 5.43 Å². The van der Waals surface area contributed by atoms with Crippen molar-refractivity contribution in [3.8, 4) is 6.07 Å². The first-order chi connectivity index (χ1) is 7.82. The molecule has 0 unspecified atom stereocenters. The molecule has 1 N–H and O–H groups in total. The Morgan fingerprint density at radius 3 is 2.41 bits per heavy atom. The van der Waals surface area contributed by atoms with Gasteiger partial charge in [-0.1, -0.05) is 20.8 Å². The molecule has 0 fully saturated rings. The lowest BCUT2D eigenvalue weighted by Crippen LogP contribution is -2.33. The Morgan fingerprint density at radius 1 is 1.41 bits per heavy atom. The minimum absolute atomic E-state index is 0.116. The third-order valence-corrected chi connectivity index (χ3v) is 1.71. The Bertz CT molecular complexity index is 361. The van der Waals surface area contributed by atoms with Gasteiger partial charge in [-0.05, 0) is 6.92 Å². The highest BCUT2D eigenvalue weighted by Gasteiger charge is 2.27. The first-order valence-electron chi connectivity index (χ1n) is 5.24. The summed E-state index contributed by atoms with van der Waals surface area (Å²) in [5, 5.41) is 12.0. The largest absolute Gasteiger partial charge is 0.461 e. The van der Waals surface area contributed by atoms with Gasteiger partial charge in [0.2, 0.25) is 0 Å². The predicted molar refractivity (Wildman–Crippen MR) is 61.9 cm³/mol. The molecule has 0 saturated heterocycles. The van der Waals surface area contributed by atoms with Crippen molar-refractivity contribution >= 4 is 17.6 Å². The quantitative estimate of drug-likeness (QED) is 0.449. The highest BCUT2D eigenvalue weighted by molar-refractivity contribution is 6.38. The first-order valence-corrected chi connectivity index (χ1v) is 5.24. The topological polar surface area (TPSA) is 91.5 Å². The van der Waals surface area contributed by atoms with E-state index in [2.05, 4.69) is 10.5 Å². The average molecular weight is 239 g/mol. The van der Waals surface area contributed by atoms with Crippen LogP contribution in [0.25, 0.3) is 0 Å². The molecule has 0 aliphatic heterocycles. The summed E-state index contributed by atoms with van der Waals surface area (Å²) in [4.78, 5) is 22.7. The molecule has 0 rings (SSSR count). The zero-order chi connectivity index (χ0) is 13.5. The summed E-state index contributed by atoms with van der Waals surface area (Å²) in [6.45, 7) is 7.25. The van der Waals surface area contributed by atoms with Crippen LogP contribution in [0.15, 0.2) is 5.10 Å².